The zero-order chi connectivity index (χ0) is 19.6. The summed E-state index contributed by atoms with van der Waals surface area (Å²) in [5.74, 6) is -0.630. The molecule has 2 aromatic rings. The zero-order valence-corrected chi connectivity index (χ0v) is 13.8. The minimum absolute atomic E-state index is 0.0487. The van der Waals surface area contributed by atoms with E-state index in [1.807, 2.05) is 0 Å². The number of hydrogen-bond acceptors (Lipinski definition) is 8. The van der Waals surface area contributed by atoms with Gasteiger partial charge in [0, 0.05) is 24.3 Å². The highest BCUT2D eigenvalue weighted by Crippen LogP contribution is 2.28. The van der Waals surface area contributed by atoms with Crippen molar-refractivity contribution in [3.63, 3.8) is 0 Å². The molecule has 0 atom stereocenters. The summed E-state index contributed by atoms with van der Waals surface area (Å²) >= 11 is 0. The summed E-state index contributed by atoms with van der Waals surface area (Å²) in [5.41, 5.74) is 0.317. The highest BCUT2D eigenvalue weighted by Gasteiger charge is 2.27. The maximum absolute atomic E-state index is 12.1. The van der Waals surface area contributed by atoms with Crippen molar-refractivity contribution in [2.75, 3.05) is 7.11 Å². The van der Waals surface area contributed by atoms with Crippen molar-refractivity contribution < 1.29 is 24.1 Å². The zero-order valence-electron chi connectivity index (χ0n) is 13.8. The Balaban J connectivity index is 1.97. The van der Waals surface area contributed by atoms with Crippen molar-refractivity contribution >= 4 is 29.3 Å². The number of cyclic esters (lactones) is 1. The first kappa shape index (κ1) is 17.7. The number of carbonyl (C=O) groups excluding carboxylic acids is 1. The Morgan fingerprint density at radius 3 is 2.26 bits per heavy atom. The lowest BCUT2D eigenvalue weighted by Crippen LogP contribution is -2.07. The van der Waals surface area contributed by atoms with E-state index >= 15 is 0 Å². The van der Waals surface area contributed by atoms with Crippen LogP contribution in [0.15, 0.2) is 53.2 Å². The van der Waals surface area contributed by atoms with Crippen LogP contribution in [-0.4, -0.2) is 28.8 Å². The fourth-order valence-electron chi connectivity index (χ4n) is 2.35. The van der Waals surface area contributed by atoms with Gasteiger partial charge in [-0.15, -0.1) is 0 Å². The standard InChI is InChI=1S/C17H11N3O7/c1-26-15-7-6-12(20(24)25)9-13(15)16-18-14(17(21)27-16)8-10-2-4-11(5-3-10)19(22)23/h2-9H,1H3. The van der Waals surface area contributed by atoms with Crippen LogP contribution in [-0.2, 0) is 9.53 Å². The Bertz CT molecular complexity index is 1010. The predicted molar refractivity (Wildman–Crippen MR) is 93.4 cm³/mol. The van der Waals surface area contributed by atoms with Gasteiger partial charge < -0.3 is 9.47 Å². The molecule has 0 aromatic heterocycles. The van der Waals surface area contributed by atoms with Gasteiger partial charge in [0.15, 0.2) is 5.70 Å². The third-order valence-electron chi connectivity index (χ3n) is 3.65. The maximum Gasteiger partial charge on any atom is 0.363 e. The van der Waals surface area contributed by atoms with E-state index < -0.39 is 15.8 Å². The first-order valence-corrected chi connectivity index (χ1v) is 7.49. The number of nitro benzene ring substituents is 2. The third kappa shape index (κ3) is 3.63. The monoisotopic (exact) mass is 369 g/mol. The first-order chi connectivity index (χ1) is 12.9. The molecule has 0 radical (unpaired) electrons. The van der Waals surface area contributed by atoms with Crippen LogP contribution in [0.4, 0.5) is 11.4 Å². The van der Waals surface area contributed by atoms with Crippen LogP contribution >= 0.6 is 0 Å². The lowest BCUT2D eigenvalue weighted by atomic mass is 10.1. The van der Waals surface area contributed by atoms with Gasteiger partial charge in [-0.25, -0.2) is 9.79 Å². The Morgan fingerprint density at radius 2 is 1.67 bits per heavy atom. The predicted octanol–water partition coefficient (Wildman–Crippen LogP) is 2.86. The quantitative estimate of drug-likeness (QED) is 0.342. The number of benzene rings is 2. The van der Waals surface area contributed by atoms with Gasteiger partial charge in [0.1, 0.15) is 5.75 Å². The summed E-state index contributed by atoms with van der Waals surface area (Å²) < 4.78 is 10.2. The van der Waals surface area contributed by atoms with E-state index in [1.54, 1.807) is 0 Å². The molecule has 1 aliphatic heterocycles. The van der Waals surface area contributed by atoms with Crippen molar-refractivity contribution in [2.45, 2.75) is 0 Å². The Labute approximate surface area is 151 Å². The number of rotatable bonds is 5. The molecular formula is C17H11N3O7. The minimum atomic E-state index is -0.753. The molecule has 0 spiro atoms. The minimum Gasteiger partial charge on any atom is -0.496 e. The van der Waals surface area contributed by atoms with E-state index in [-0.39, 0.29) is 34.3 Å². The molecule has 0 bridgehead atoms. The molecule has 1 heterocycles. The summed E-state index contributed by atoms with van der Waals surface area (Å²) in [6.07, 6.45) is 1.39. The number of nitro groups is 2. The molecule has 0 unspecified atom stereocenters. The number of aliphatic imine (C=N–C) groups is 1. The Kier molecular flexibility index (Phi) is 4.62. The molecular weight excluding hydrogens is 358 g/mol. The normalized spacial score (nSPS) is 14.6. The van der Waals surface area contributed by atoms with Crippen molar-refractivity contribution in [1.29, 1.82) is 0 Å². The van der Waals surface area contributed by atoms with Crippen LogP contribution in [0.25, 0.3) is 6.08 Å². The van der Waals surface area contributed by atoms with Gasteiger partial charge in [0.2, 0.25) is 5.90 Å². The molecule has 27 heavy (non-hydrogen) atoms. The Morgan fingerprint density at radius 1 is 1.04 bits per heavy atom. The van der Waals surface area contributed by atoms with Crippen LogP contribution in [0.2, 0.25) is 0 Å². The molecule has 0 saturated carbocycles. The molecule has 0 N–H and O–H groups in total. The van der Waals surface area contributed by atoms with Crippen molar-refractivity contribution in [1.82, 2.24) is 0 Å². The lowest BCUT2D eigenvalue weighted by Gasteiger charge is -2.06. The average molecular weight is 369 g/mol. The van der Waals surface area contributed by atoms with E-state index in [2.05, 4.69) is 4.99 Å². The molecule has 10 heteroatoms. The van der Waals surface area contributed by atoms with E-state index in [9.17, 15) is 25.0 Å². The van der Waals surface area contributed by atoms with E-state index in [1.165, 1.54) is 55.7 Å². The SMILES string of the molecule is COc1ccc([N+](=O)[O-])cc1C1=NC(=Cc2ccc([N+](=O)[O-])cc2)C(=O)O1. The molecule has 3 rings (SSSR count). The molecule has 2 aromatic carbocycles. The number of non-ortho nitro benzene ring substituents is 2. The molecule has 0 aliphatic carbocycles. The van der Waals surface area contributed by atoms with Crippen LogP contribution in [0, 0.1) is 20.2 Å². The lowest BCUT2D eigenvalue weighted by molar-refractivity contribution is -0.385. The van der Waals surface area contributed by atoms with Gasteiger partial charge in [-0.05, 0) is 29.8 Å². The van der Waals surface area contributed by atoms with Gasteiger partial charge in [0.05, 0.1) is 22.5 Å². The molecule has 0 saturated heterocycles. The largest absolute Gasteiger partial charge is 0.496 e. The van der Waals surface area contributed by atoms with Gasteiger partial charge in [-0.1, -0.05) is 0 Å². The fraction of sp³-hybridized carbons (Fsp3) is 0.0588. The van der Waals surface area contributed by atoms with Crippen LogP contribution < -0.4 is 4.74 Å². The average Bonchev–Trinajstić information content (AvgIpc) is 3.02. The van der Waals surface area contributed by atoms with Crippen molar-refractivity contribution in [2.24, 2.45) is 4.99 Å². The summed E-state index contributed by atoms with van der Waals surface area (Å²) in [4.78, 5) is 36.7. The van der Waals surface area contributed by atoms with Gasteiger partial charge in [-0.3, -0.25) is 20.2 Å². The molecule has 10 nitrogen and oxygen atoms in total. The smallest absolute Gasteiger partial charge is 0.363 e. The first-order valence-electron chi connectivity index (χ1n) is 7.49. The number of hydrogen-bond donors (Lipinski definition) is 0. The van der Waals surface area contributed by atoms with Crippen molar-refractivity contribution in [3.05, 3.63) is 79.5 Å². The van der Waals surface area contributed by atoms with E-state index in [0.717, 1.165) is 0 Å². The maximum atomic E-state index is 12.1. The number of carbonyl (C=O) groups is 1. The molecule has 0 fully saturated rings. The summed E-state index contributed by atoms with van der Waals surface area (Å²) in [6.45, 7) is 0. The third-order valence-corrected chi connectivity index (χ3v) is 3.65. The van der Waals surface area contributed by atoms with E-state index in [4.69, 9.17) is 9.47 Å². The molecule has 136 valence electrons. The van der Waals surface area contributed by atoms with Crippen molar-refractivity contribution in [3.8, 4) is 5.75 Å². The highest BCUT2D eigenvalue weighted by atomic mass is 16.6. The van der Waals surface area contributed by atoms with E-state index in [0.29, 0.717) is 5.56 Å². The highest BCUT2D eigenvalue weighted by molar-refractivity contribution is 6.14. The molecule has 0 amide bonds. The van der Waals surface area contributed by atoms with Gasteiger partial charge in [-0.2, -0.15) is 0 Å². The molecule has 1 aliphatic rings. The van der Waals surface area contributed by atoms with Crippen LogP contribution in [0.3, 0.4) is 0 Å². The fourth-order valence-corrected chi connectivity index (χ4v) is 2.35. The second-order valence-electron chi connectivity index (χ2n) is 5.33. The van der Waals surface area contributed by atoms with Gasteiger partial charge in [0.25, 0.3) is 11.4 Å². The topological polar surface area (TPSA) is 134 Å². The summed E-state index contributed by atoms with van der Waals surface area (Å²) in [6, 6.07) is 9.33. The number of esters is 1. The van der Waals surface area contributed by atoms with Crippen LogP contribution in [0.1, 0.15) is 11.1 Å². The Hall–Kier alpha value is -4.08. The van der Waals surface area contributed by atoms with Gasteiger partial charge >= 0.3 is 5.97 Å². The summed E-state index contributed by atoms with van der Waals surface area (Å²) in [7, 11) is 1.37. The second-order valence-corrected chi connectivity index (χ2v) is 5.33. The number of ether oxygens (including phenoxy) is 2. The second kappa shape index (κ2) is 7.04. The van der Waals surface area contributed by atoms with Crippen LogP contribution in [0.5, 0.6) is 5.75 Å². The summed E-state index contributed by atoms with van der Waals surface area (Å²) in [5, 5.41) is 21.6. The number of nitrogens with zero attached hydrogens (tertiary/aromatic N) is 3. The number of methoxy groups -OCH3 is 1.